The number of rotatable bonds is 10. The summed E-state index contributed by atoms with van der Waals surface area (Å²) < 4.78 is 8.66. The van der Waals surface area contributed by atoms with Gasteiger partial charge in [-0.25, -0.2) is 4.98 Å². The molecule has 0 aliphatic heterocycles. The molecule has 0 N–H and O–H groups in total. The van der Waals surface area contributed by atoms with E-state index in [0.717, 1.165) is 35.2 Å². The maximum absolute atomic E-state index is 13.4. The van der Waals surface area contributed by atoms with Crippen LogP contribution in [0.5, 0.6) is 5.75 Å². The zero-order chi connectivity index (χ0) is 21.5. The lowest BCUT2D eigenvalue weighted by atomic mass is 10.2. The van der Waals surface area contributed by atoms with Crippen LogP contribution in [0.15, 0.2) is 67.0 Å². The Balaban J connectivity index is 1.53. The SMILES string of the molecule is CCCCCOc1ccc(C(=O)N(CCn2cccn2)c2nc3ccccc3s2)cc1. The third kappa shape index (κ3) is 5.30. The van der Waals surface area contributed by atoms with Gasteiger partial charge in [0.2, 0.25) is 0 Å². The first-order valence-electron chi connectivity index (χ1n) is 10.6. The second-order valence-electron chi connectivity index (χ2n) is 7.27. The number of ether oxygens (including phenoxy) is 1. The number of carbonyl (C=O) groups excluding carboxylic acids is 1. The lowest BCUT2D eigenvalue weighted by Gasteiger charge is -2.20. The number of fused-ring (bicyclic) bond motifs is 1. The number of hydrogen-bond acceptors (Lipinski definition) is 5. The Morgan fingerprint density at radius 1 is 1.10 bits per heavy atom. The molecule has 7 heteroatoms. The molecule has 0 saturated carbocycles. The van der Waals surface area contributed by atoms with Crippen molar-refractivity contribution in [3.05, 3.63) is 72.6 Å². The third-order valence-corrected chi connectivity index (χ3v) is 6.05. The summed E-state index contributed by atoms with van der Waals surface area (Å²) in [6.07, 6.45) is 6.99. The second-order valence-corrected chi connectivity index (χ2v) is 8.28. The summed E-state index contributed by atoms with van der Waals surface area (Å²) in [6, 6.07) is 17.2. The van der Waals surface area contributed by atoms with Crippen LogP contribution >= 0.6 is 11.3 Å². The number of nitrogens with zero attached hydrogens (tertiary/aromatic N) is 4. The number of unbranched alkanes of at least 4 members (excludes halogenated alkanes) is 2. The number of hydrogen-bond donors (Lipinski definition) is 0. The van der Waals surface area contributed by atoms with Gasteiger partial charge >= 0.3 is 0 Å². The molecule has 0 unspecified atom stereocenters. The molecule has 0 aliphatic carbocycles. The first-order chi connectivity index (χ1) is 15.2. The van der Waals surface area contributed by atoms with E-state index in [4.69, 9.17) is 9.72 Å². The van der Waals surface area contributed by atoms with E-state index < -0.39 is 0 Å². The molecule has 0 aliphatic rings. The van der Waals surface area contributed by atoms with Crippen molar-refractivity contribution in [3.63, 3.8) is 0 Å². The highest BCUT2D eigenvalue weighted by atomic mass is 32.1. The number of benzene rings is 2. The number of carbonyl (C=O) groups is 1. The molecule has 31 heavy (non-hydrogen) atoms. The van der Waals surface area contributed by atoms with E-state index in [-0.39, 0.29) is 5.91 Å². The zero-order valence-corrected chi connectivity index (χ0v) is 18.4. The Hall–Kier alpha value is -3.19. The highest BCUT2D eigenvalue weighted by Crippen LogP contribution is 2.29. The van der Waals surface area contributed by atoms with E-state index in [1.165, 1.54) is 11.3 Å². The van der Waals surface area contributed by atoms with Crippen molar-refractivity contribution in [3.8, 4) is 5.75 Å². The van der Waals surface area contributed by atoms with Gasteiger partial charge in [-0.15, -0.1) is 0 Å². The molecule has 4 aromatic rings. The lowest BCUT2D eigenvalue weighted by Crippen LogP contribution is -2.34. The van der Waals surface area contributed by atoms with Crippen LogP contribution in [0.25, 0.3) is 10.2 Å². The van der Waals surface area contributed by atoms with Crippen molar-refractivity contribution in [2.45, 2.75) is 32.7 Å². The van der Waals surface area contributed by atoms with Gasteiger partial charge in [0.1, 0.15) is 5.75 Å². The van der Waals surface area contributed by atoms with Crippen LogP contribution in [-0.2, 0) is 6.54 Å². The summed E-state index contributed by atoms with van der Waals surface area (Å²) in [5.74, 6) is 0.708. The van der Waals surface area contributed by atoms with E-state index >= 15 is 0 Å². The van der Waals surface area contributed by atoms with E-state index in [9.17, 15) is 4.79 Å². The van der Waals surface area contributed by atoms with Gasteiger partial charge < -0.3 is 4.74 Å². The molecule has 2 heterocycles. The second kappa shape index (κ2) is 10.2. The minimum absolute atomic E-state index is 0.0799. The fourth-order valence-electron chi connectivity index (χ4n) is 3.29. The minimum Gasteiger partial charge on any atom is -0.494 e. The van der Waals surface area contributed by atoms with Crippen molar-refractivity contribution >= 4 is 32.6 Å². The number of thiazole rings is 1. The Kier molecular flexibility index (Phi) is 6.94. The molecule has 0 saturated heterocycles. The van der Waals surface area contributed by atoms with Crippen LogP contribution in [0, 0.1) is 0 Å². The van der Waals surface area contributed by atoms with Crippen LogP contribution in [-0.4, -0.2) is 33.8 Å². The van der Waals surface area contributed by atoms with Gasteiger partial charge in [0.05, 0.1) is 23.4 Å². The average Bonchev–Trinajstić information content (AvgIpc) is 3.47. The molecule has 0 atom stereocenters. The molecule has 0 spiro atoms. The molecule has 2 aromatic heterocycles. The summed E-state index contributed by atoms with van der Waals surface area (Å²) in [5, 5.41) is 4.95. The maximum atomic E-state index is 13.4. The Morgan fingerprint density at radius 3 is 2.68 bits per heavy atom. The number of aromatic nitrogens is 3. The molecular weight excluding hydrogens is 408 g/mol. The van der Waals surface area contributed by atoms with Gasteiger partial charge in [-0.2, -0.15) is 5.10 Å². The van der Waals surface area contributed by atoms with Gasteiger partial charge in [-0.3, -0.25) is 14.4 Å². The summed E-state index contributed by atoms with van der Waals surface area (Å²) in [5.41, 5.74) is 1.51. The molecule has 4 rings (SSSR count). The van der Waals surface area contributed by atoms with Gasteiger partial charge in [0.15, 0.2) is 5.13 Å². The van der Waals surface area contributed by atoms with Crippen molar-refractivity contribution in [1.82, 2.24) is 14.8 Å². The molecular formula is C24H26N4O2S. The summed E-state index contributed by atoms with van der Waals surface area (Å²) >= 11 is 1.52. The Bertz CT molecular complexity index is 1070. The molecule has 1 amide bonds. The summed E-state index contributed by atoms with van der Waals surface area (Å²) in [4.78, 5) is 19.9. The van der Waals surface area contributed by atoms with Crippen molar-refractivity contribution in [2.24, 2.45) is 0 Å². The molecule has 6 nitrogen and oxygen atoms in total. The van der Waals surface area contributed by atoms with Crippen LogP contribution in [0.4, 0.5) is 5.13 Å². The fraction of sp³-hybridized carbons (Fsp3) is 0.292. The summed E-state index contributed by atoms with van der Waals surface area (Å²) in [6.45, 7) is 3.94. The van der Waals surface area contributed by atoms with Crippen LogP contribution in [0.3, 0.4) is 0 Å². The predicted octanol–water partition coefficient (Wildman–Crippen LogP) is 5.41. The number of anilines is 1. The average molecular weight is 435 g/mol. The van der Waals surface area contributed by atoms with Gasteiger partial charge in [0.25, 0.3) is 5.91 Å². The largest absolute Gasteiger partial charge is 0.494 e. The van der Waals surface area contributed by atoms with E-state index in [0.29, 0.717) is 30.4 Å². The lowest BCUT2D eigenvalue weighted by molar-refractivity contribution is 0.0985. The van der Waals surface area contributed by atoms with Crippen LogP contribution in [0.2, 0.25) is 0 Å². The molecule has 0 fully saturated rings. The number of para-hydroxylation sites is 1. The standard InChI is InChI=1S/C24H26N4O2S/c1-2-3-6-18-30-20-12-10-19(11-13-20)23(29)28(17-16-27-15-7-14-25-27)24-26-21-8-4-5-9-22(21)31-24/h4-5,7-15H,2-3,6,16-18H2,1H3. The van der Waals surface area contributed by atoms with E-state index in [1.807, 2.05) is 65.5 Å². The fourth-order valence-corrected chi connectivity index (χ4v) is 4.28. The smallest absolute Gasteiger partial charge is 0.260 e. The van der Waals surface area contributed by atoms with Gasteiger partial charge in [-0.05, 0) is 48.9 Å². The van der Waals surface area contributed by atoms with Gasteiger partial charge in [-0.1, -0.05) is 43.2 Å². The van der Waals surface area contributed by atoms with E-state index in [2.05, 4.69) is 12.0 Å². The molecule has 160 valence electrons. The van der Waals surface area contributed by atoms with Crippen molar-refractivity contribution < 1.29 is 9.53 Å². The maximum Gasteiger partial charge on any atom is 0.260 e. The first kappa shape index (κ1) is 21.1. The quantitative estimate of drug-likeness (QED) is 0.313. The highest BCUT2D eigenvalue weighted by molar-refractivity contribution is 7.22. The van der Waals surface area contributed by atoms with Crippen molar-refractivity contribution in [2.75, 3.05) is 18.1 Å². The monoisotopic (exact) mass is 434 g/mol. The van der Waals surface area contributed by atoms with Crippen LogP contribution < -0.4 is 9.64 Å². The van der Waals surface area contributed by atoms with E-state index in [1.54, 1.807) is 11.1 Å². The van der Waals surface area contributed by atoms with Crippen molar-refractivity contribution in [1.29, 1.82) is 0 Å². The molecule has 2 aromatic carbocycles. The predicted molar refractivity (Wildman–Crippen MR) is 125 cm³/mol. The molecule has 0 bridgehead atoms. The Labute approximate surface area is 186 Å². The normalized spacial score (nSPS) is 11.0. The zero-order valence-electron chi connectivity index (χ0n) is 17.6. The van der Waals surface area contributed by atoms with Crippen LogP contribution in [0.1, 0.15) is 36.5 Å². The Morgan fingerprint density at radius 2 is 1.94 bits per heavy atom. The highest BCUT2D eigenvalue weighted by Gasteiger charge is 2.21. The third-order valence-electron chi connectivity index (χ3n) is 4.99. The first-order valence-corrected chi connectivity index (χ1v) is 11.4. The number of amides is 1. The minimum atomic E-state index is -0.0799. The topological polar surface area (TPSA) is 60.2 Å². The summed E-state index contributed by atoms with van der Waals surface area (Å²) in [7, 11) is 0. The van der Waals surface area contributed by atoms with Gasteiger partial charge in [0, 0.05) is 24.5 Å². The molecule has 0 radical (unpaired) electrons.